The first-order valence-electron chi connectivity index (χ1n) is 9.07. The van der Waals surface area contributed by atoms with E-state index in [9.17, 15) is 5.26 Å². The topological polar surface area (TPSA) is 54.0 Å². The van der Waals surface area contributed by atoms with Gasteiger partial charge in [-0.2, -0.15) is 10.4 Å². The zero-order valence-electron chi connectivity index (χ0n) is 15.3. The molecule has 0 saturated carbocycles. The zero-order valence-corrected chi connectivity index (χ0v) is 15.3. The van der Waals surface area contributed by atoms with Crippen molar-refractivity contribution >= 4 is 16.4 Å². The fourth-order valence-corrected chi connectivity index (χ4v) is 3.59. The van der Waals surface area contributed by atoms with Crippen LogP contribution in [-0.4, -0.2) is 14.6 Å². The van der Waals surface area contributed by atoms with Crippen LogP contribution in [0.15, 0.2) is 79.3 Å². The van der Waals surface area contributed by atoms with Gasteiger partial charge in [-0.3, -0.25) is 0 Å². The van der Waals surface area contributed by atoms with Gasteiger partial charge in [-0.1, -0.05) is 60.2 Å². The molecule has 0 atom stereocenters. The number of nitriles is 1. The smallest absolute Gasteiger partial charge is 0.162 e. The molecule has 0 unspecified atom stereocenters. The summed E-state index contributed by atoms with van der Waals surface area (Å²) in [6, 6.07) is 22.4. The number of aromatic nitrogens is 3. The summed E-state index contributed by atoms with van der Waals surface area (Å²) >= 11 is 0. The molecular formula is C24H16N4. The van der Waals surface area contributed by atoms with Gasteiger partial charge in [0.2, 0.25) is 0 Å². The number of nitrogens with zero attached hydrogens (tertiary/aromatic N) is 4. The van der Waals surface area contributed by atoms with Gasteiger partial charge in [0.15, 0.2) is 5.65 Å². The Morgan fingerprint density at radius 3 is 2.39 bits per heavy atom. The molecule has 0 bridgehead atoms. The number of aryl methyl sites for hydroxylation is 1. The maximum absolute atomic E-state index is 9.41. The van der Waals surface area contributed by atoms with Gasteiger partial charge in [-0.15, -0.1) is 0 Å². The van der Waals surface area contributed by atoms with Crippen molar-refractivity contribution in [2.24, 2.45) is 0 Å². The first kappa shape index (κ1) is 16.2. The van der Waals surface area contributed by atoms with Crippen molar-refractivity contribution < 1.29 is 0 Å². The minimum Gasteiger partial charge on any atom is -0.236 e. The molecule has 0 N–H and O–H groups in total. The first-order valence-corrected chi connectivity index (χ1v) is 9.07. The van der Waals surface area contributed by atoms with Gasteiger partial charge < -0.3 is 0 Å². The largest absolute Gasteiger partial charge is 0.236 e. The minimum absolute atomic E-state index is 0.672. The highest BCUT2D eigenvalue weighted by atomic mass is 15.2. The SMILES string of the molecule is Cc1ccc(-c2cnc3c(-c4ccc(C#N)c5ccccc45)cnn3c2)cc1. The zero-order chi connectivity index (χ0) is 19.1. The van der Waals surface area contributed by atoms with Gasteiger partial charge in [-0.25, -0.2) is 9.50 Å². The molecule has 5 rings (SSSR count). The third-order valence-electron chi connectivity index (χ3n) is 5.08. The van der Waals surface area contributed by atoms with E-state index in [1.54, 1.807) is 0 Å². The molecule has 0 saturated heterocycles. The lowest BCUT2D eigenvalue weighted by atomic mass is 9.97. The highest BCUT2D eigenvalue weighted by Crippen LogP contribution is 2.33. The Kier molecular flexibility index (Phi) is 3.67. The summed E-state index contributed by atoms with van der Waals surface area (Å²) in [6.07, 6.45) is 5.73. The molecule has 2 heterocycles. The summed E-state index contributed by atoms with van der Waals surface area (Å²) in [6.45, 7) is 2.08. The van der Waals surface area contributed by atoms with Gasteiger partial charge in [0.05, 0.1) is 17.8 Å². The molecule has 28 heavy (non-hydrogen) atoms. The first-order chi connectivity index (χ1) is 13.7. The van der Waals surface area contributed by atoms with Gasteiger partial charge >= 0.3 is 0 Å². The Labute approximate surface area is 162 Å². The maximum atomic E-state index is 9.41. The van der Waals surface area contributed by atoms with Crippen LogP contribution in [0, 0.1) is 18.3 Å². The molecule has 0 aliphatic rings. The molecule has 4 heteroatoms. The van der Waals surface area contributed by atoms with Crippen LogP contribution in [0.3, 0.4) is 0 Å². The normalized spacial score (nSPS) is 11.0. The van der Waals surface area contributed by atoms with Crippen molar-refractivity contribution in [3.8, 4) is 28.3 Å². The van der Waals surface area contributed by atoms with Crippen LogP contribution >= 0.6 is 0 Å². The summed E-state index contributed by atoms with van der Waals surface area (Å²) in [7, 11) is 0. The molecule has 0 amide bonds. The highest BCUT2D eigenvalue weighted by molar-refractivity contribution is 6.02. The van der Waals surface area contributed by atoms with Crippen LogP contribution in [-0.2, 0) is 0 Å². The van der Waals surface area contributed by atoms with Crippen LogP contribution in [0.5, 0.6) is 0 Å². The lowest BCUT2D eigenvalue weighted by Crippen LogP contribution is -1.92. The van der Waals surface area contributed by atoms with Crippen LogP contribution in [0.1, 0.15) is 11.1 Å². The summed E-state index contributed by atoms with van der Waals surface area (Å²) < 4.78 is 1.82. The third-order valence-corrected chi connectivity index (χ3v) is 5.08. The van der Waals surface area contributed by atoms with E-state index < -0.39 is 0 Å². The van der Waals surface area contributed by atoms with Crippen molar-refractivity contribution in [1.82, 2.24) is 14.6 Å². The Morgan fingerprint density at radius 2 is 1.61 bits per heavy atom. The summed E-state index contributed by atoms with van der Waals surface area (Å²) in [5.41, 5.74) is 6.81. The van der Waals surface area contributed by atoms with E-state index in [-0.39, 0.29) is 0 Å². The number of fused-ring (bicyclic) bond motifs is 2. The van der Waals surface area contributed by atoms with E-state index >= 15 is 0 Å². The average Bonchev–Trinajstić information content (AvgIpc) is 3.16. The molecule has 2 aromatic heterocycles. The van der Waals surface area contributed by atoms with Crippen molar-refractivity contribution in [3.63, 3.8) is 0 Å². The van der Waals surface area contributed by atoms with E-state index in [0.29, 0.717) is 5.56 Å². The minimum atomic E-state index is 0.672. The molecule has 4 nitrogen and oxygen atoms in total. The third kappa shape index (κ3) is 2.53. The monoisotopic (exact) mass is 360 g/mol. The maximum Gasteiger partial charge on any atom is 0.162 e. The second kappa shape index (κ2) is 6.33. The van der Waals surface area contributed by atoms with Crippen LogP contribution in [0.25, 0.3) is 38.7 Å². The molecule has 0 fully saturated rings. The Balaban J connectivity index is 1.68. The van der Waals surface area contributed by atoms with E-state index in [0.717, 1.165) is 38.7 Å². The molecule has 0 aliphatic heterocycles. The Morgan fingerprint density at radius 1 is 0.821 bits per heavy atom. The Hall–Kier alpha value is -3.97. The van der Waals surface area contributed by atoms with Crippen LogP contribution in [0.4, 0.5) is 0 Å². The van der Waals surface area contributed by atoms with E-state index in [4.69, 9.17) is 4.98 Å². The number of rotatable bonds is 2. The summed E-state index contributed by atoms with van der Waals surface area (Å²) in [5, 5.41) is 15.9. The molecule has 3 aromatic carbocycles. The highest BCUT2D eigenvalue weighted by Gasteiger charge is 2.13. The van der Waals surface area contributed by atoms with Gasteiger partial charge in [0.25, 0.3) is 0 Å². The van der Waals surface area contributed by atoms with Crippen molar-refractivity contribution in [2.75, 3.05) is 0 Å². The average molecular weight is 360 g/mol. The lowest BCUT2D eigenvalue weighted by molar-refractivity contribution is 0.941. The summed E-state index contributed by atoms with van der Waals surface area (Å²) in [5.74, 6) is 0. The molecule has 0 radical (unpaired) electrons. The standard InChI is InChI=1S/C24H16N4/c1-16-6-8-17(9-7-16)19-13-26-24-23(14-27-28(24)15-19)22-11-10-18(12-25)20-4-2-3-5-21(20)22/h2-11,13-15H,1H3. The van der Waals surface area contributed by atoms with Gasteiger partial charge in [0, 0.05) is 28.9 Å². The van der Waals surface area contributed by atoms with E-state index in [1.807, 2.05) is 59.5 Å². The number of benzene rings is 3. The lowest BCUT2D eigenvalue weighted by Gasteiger charge is -2.07. The van der Waals surface area contributed by atoms with Crippen LogP contribution < -0.4 is 0 Å². The van der Waals surface area contributed by atoms with Gasteiger partial charge in [0.1, 0.15) is 0 Å². The van der Waals surface area contributed by atoms with Crippen molar-refractivity contribution in [2.45, 2.75) is 6.92 Å². The fourth-order valence-electron chi connectivity index (χ4n) is 3.59. The number of hydrogen-bond acceptors (Lipinski definition) is 3. The second-order valence-corrected chi connectivity index (χ2v) is 6.85. The Bertz CT molecular complexity index is 1370. The van der Waals surface area contributed by atoms with Crippen molar-refractivity contribution in [3.05, 3.63) is 90.4 Å². The molecule has 132 valence electrons. The molecule has 5 aromatic rings. The van der Waals surface area contributed by atoms with E-state index in [1.165, 1.54) is 5.56 Å². The molecule has 0 aliphatic carbocycles. The second-order valence-electron chi connectivity index (χ2n) is 6.85. The van der Waals surface area contributed by atoms with E-state index in [2.05, 4.69) is 42.4 Å². The summed E-state index contributed by atoms with van der Waals surface area (Å²) in [4.78, 5) is 4.70. The van der Waals surface area contributed by atoms with Gasteiger partial charge in [-0.05, 0) is 29.5 Å². The predicted molar refractivity (Wildman–Crippen MR) is 111 cm³/mol. The fraction of sp³-hybridized carbons (Fsp3) is 0.0417. The molecular weight excluding hydrogens is 344 g/mol. The number of hydrogen-bond donors (Lipinski definition) is 0. The molecule has 0 spiro atoms. The predicted octanol–water partition coefficient (Wildman–Crippen LogP) is 5.40. The van der Waals surface area contributed by atoms with Crippen LogP contribution in [0.2, 0.25) is 0 Å². The van der Waals surface area contributed by atoms with Crippen molar-refractivity contribution in [1.29, 1.82) is 5.26 Å². The quantitative estimate of drug-likeness (QED) is 0.424.